The fourth-order valence-electron chi connectivity index (χ4n) is 2.53. The molecule has 0 aliphatic heterocycles. The van der Waals surface area contributed by atoms with Crippen LogP contribution in [0.25, 0.3) is 20.8 Å². The Hall–Kier alpha value is -2.73. The molecule has 0 atom stereocenters. The first-order valence-corrected chi connectivity index (χ1v) is 10.4. The molecule has 0 saturated carbocycles. The van der Waals surface area contributed by atoms with Crippen LogP contribution in [0.4, 0.5) is 11.4 Å². The lowest BCUT2D eigenvalue weighted by molar-refractivity contribution is -0.123. The number of anilines is 2. The molecule has 3 rings (SSSR count). The maximum atomic E-state index is 12.5. The molecular formula is C23H27N3O2S. The number of hydrogen-bond donors (Lipinski definition) is 2. The van der Waals surface area contributed by atoms with Gasteiger partial charge in [0.1, 0.15) is 5.01 Å². The molecule has 0 unspecified atom stereocenters. The van der Waals surface area contributed by atoms with Crippen LogP contribution in [0.15, 0.2) is 42.5 Å². The average molecular weight is 410 g/mol. The number of benzene rings is 2. The molecule has 6 heteroatoms. The fraction of sp³-hybridized carbons (Fsp3) is 0.348. The number of aromatic nitrogens is 1. The van der Waals surface area contributed by atoms with Crippen molar-refractivity contribution in [1.82, 2.24) is 4.98 Å². The Kier molecular flexibility index (Phi) is 5.50. The Balaban J connectivity index is 2.04. The molecule has 3 aromatic rings. The Labute approximate surface area is 175 Å². The van der Waals surface area contributed by atoms with Crippen molar-refractivity contribution in [3.8, 4) is 10.6 Å². The first-order chi connectivity index (χ1) is 13.4. The summed E-state index contributed by atoms with van der Waals surface area (Å²) < 4.78 is 1.09. The average Bonchev–Trinajstić information content (AvgIpc) is 3.04. The molecule has 29 heavy (non-hydrogen) atoms. The maximum Gasteiger partial charge on any atom is 0.229 e. The first kappa shape index (κ1) is 21.0. The summed E-state index contributed by atoms with van der Waals surface area (Å²) in [6.45, 7) is 11.2. The molecule has 1 aromatic heterocycles. The second-order valence-corrected chi connectivity index (χ2v) is 10.2. The summed E-state index contributed by atoms with van der Waals surface area (Å²) >= 11 is 1.58. The van der Waals surface area contributed by atoms with E-state index in [4.69, 9.17) is 4.98 Å². The van der Waals surface area contributed by atoms with Crippen LogP contribution in [0, 0.1) is 10.8 Å². The Bertz CT molecular complexity index is 992. The number of carbonyl (C=O) groups is 2. The minimum Gasteiger partial charge on any atom is -0.326 e. The molecule has 152 valence electrons. The van der Waals surface area contributed by atoms with Crippen LogP contribution >= 0.6 is 11.3 Å². The van der Waals surface area contributed by atoms with Crippen molar-refractivity contribution in [1.29, 1.82) is 0 Å². The highest BCUT2D eigenvalue weighted by atomic mass is 32.1. The minimum absolute atomic E-state index is 0.0907. The molecule has 0 bridgehead atoms. The molecule has 0 aliphatic carbocycles. The molecular weight excluding hydrogens is 382 g/mol. The van der Waals surface area contributed by atoms with Gasteiger partial charge in [-0.25, -0.2) is 4.98 Å². The molecule has 2 aromatic carbocycles. The fourth-order valence-corrected chi connectivity index (χ4v) is 3.48. The number of carbonyl (C=O) groups excluding carboxylic acids is 2. The van der Waals surface area contributed by atoms with Gasteiger partial charge in [-0.3, -0.25) is 9.59 Å². The Morgan fingerprint density at radius 3 is 1.83 bits per heavy atom. The van der Waals surface area contributed by atoms with Crippen molar-refractivity contribution in [3.63, 3.8) is 0 Å². The van der Waals surface area contributed by atoms with Crippen molar-refractivity contribution in [2.75, 3.05) is 10.6 Å². The van der Waals surface area contributed by atoms with Crippen LogP contribution < -0.4 is 10.6 Å². The summed E-state index contributed by atoms with van der Waals surface area (Å²) in [5, 5.41) is 6.77. The van der Waals surface area contributed by atoms with Gasteiger partial charge in [0.15, 0.2) is 0 Å². The zero-order valence-corrected chi connectivity index (χ0v) is 18.5. The van der Waals surface area contributed by atoms with Gasteiger partial charge in [-0.05, 0) is 30.3 Å². The van der Waals surface area contributed by atoms with E-state index >= 15 is 0 Å². The van der Waals surface area contributed by atoms with E-state index < -0.39 is 10.8 Å². The van der Waals surface area contributed by atoms with Crippen molar-refractivity contribution >= 4 is 44.7 Å². The number of hydrogen-bond acceptors (Lipinski definition) is 4. The Morgan fingerprint density at radius 1 is 0.828 bits per heavy atom. The van der Waals surface area contributed by atoms with Gasteiger partial charge in [0.05, 0.1) is 10.2 Å². The van der Waals surface area contributed by atoms with Gasteiger partial charge in [0.2, 0.25) is 11.8 Å². The third-order valence-electron chi connectivity index (χ3n) is 4.35. The smallest absolute Gasteiger partial charge is 0.229 e. The standard InChI is InChI=1S/C23H27N3O2S/c1-22(2,3)20(27)24-15-11-14(12-16(13-15)25-21(28)23(4,5)6)19-26-17-9-7-8-10-18(17)29-19/h7-13H,1-6H3,(H,24,27)(H,25,28). The summed E-state index contributed by atoms with van der Waals surface area (Å²) in [4.78, 5) is 29.7. The second kappa shape index (κ2) is 7.59. The molecule has 0 aliphatic rings. The summed E-state index contributed by atoms with van der Waals surface area (Å²) in [5.41, 5.74) is 1.98. The van der Waals surface area contributed by atoms with Gasteiger partial charge in [0, 0.05) is 27.8 Å². The molecule has 0 saturated heterocycles. The van der Waals surface area contributed by atoms with E-state index in [1.54, 1.807) is 17.4 Å². The van der Waals surface area contributed by atoms with E-state index in [2.05, 4.69) is 10.6 Å². The summed E-state index contributed by atoms with van der Waals surface area (Å²) in [6, 6.07) is 13.5. The van der Waals surface area contributed by atoms with Gasteiger partial charge in [-0.15, -0.1) is 11.3 Å². The number of fused-ring (bicyclic) bond motifs is 1. The number of nitrogens with zero attached hydrogens (tertiary/aromatic N) is 1. The lowest BCUT2D eigenvalue weighted by atomic mass is 9.95. The SMILES string of the molecule is CC(C)(C)C(=O)Nc1cc(NC(=O)C(C)(C)C)cc(-c2nc3ccccc3s2)c1. The lowest BCUT2D eigenvalue weighted by Crippen LogP contribution is -2.28. The van der Waals surface area contributed by atoms with Crippen LogP contribution in [0.5, 0.6) is 0 Å². The predicted octanol–water partition coefficient (Wildman–Crippen LogP) is 5.93. The quantitative estimate of drug-likeness (QED) is 0.563. The number of para-hydroxylation sites is 1. The van der Waals surface area contributed by atoms with E-state index in [0.717, 1.165) is 20.8 Å². The van der Waals surface area contributed by atoms with Crippen LogP contribution in [0.1, 0.15) is 41.5 Å². The normalized spacial score (nSPS) is 12.1. The minimum atomic E-state index is -0.527. The van der Waals surface area contributed by atoms with E-state index in [0.29, 0.717) is 11.4 Å². The maximum absolute atomic E-state index is 12.5. The van der Waals surface area contributed by atoms with Crippen LogP contribution in [-0.2, 0) is 9.59 Å². The van der Waals surface area contributed by atoms with Crippen LogP contribution in [0.2, 0.25) is 0 Å². The monoisotopic (exact) mass is 409 g/mol. The Morgan fingerprint density at radius 2 is 1.34 bits per heavy atom. The zero-order chi connectivity index (χ0) is 21.4. The van der Waals surface area contributed by atoms with E-state index in [1.807, 2.05) is 77.9 Å². The molecule has 1 heterocycles. The van der Waals surface area contributed by atoms with Gasteiger partial charge in [-0.2, -0.15) is 0 Å². The van der Waals surface area contributed by atoms with Gasteiger partial charge < -0.3 is 10.6 Å². The highest BCUT2D eigenvalue weighted by Gasteiger charge is 2.24. The topological polar surface area (TPSA) is 71.1 Å². The van der Waals surface area contributed by atoms with Gasteiger partial charge in [0.25, 0.3) is 0 Å². The molecule has 2 amide bonds. The first-order valence-electron chi connectivity index (χ1n) is 9.57. The highest BCUT2D eigenvalue weighted by Crippen LogP contribution is 2.34. The number of thiazole rings is 1. The number of nitrogens with one attached hydrogen (secondary N) is 2. The number of rotatable bonds is 3. The molecule has 0 fully saturated rings. The predicted molar refractivity (Wildman–Crippen MR) is 121 cm³/mol. The third kappa shape index (κ3) is 5.01. The molecule has 2 N–H and O–H groups in total. The zero-order valence-electron chi connectivity index (χ0n) is 17.7. The van der Waals surface area contributed by atoms with Gasteiger partial charge >= 0.3 is 0 Å². The summed E-state index contributed by atoms with van der Waals surface area (Å²) in [5.74, 6) is -0.181. The third-order valence-corrected chi connectivity index (χ3v) is 5.44. The lowest BCUT2D eigenvalue weighted by Gasteiger charge is -2.20. The summed E-state index contributed by atoms with van der Waals surface area (Å²) in [6.07, 6.45) is 0. The van der Waals surface area contributed by atoms with Crippen molar-refractivity contribution in [3.05, 3.63) is 42.5 Å². The van der Waals surface area contributed by atoms with E-state index in [1.165, 1.54) is 0 Å². The molecule has 5 nitrogen and oxygen atoms in total. The summed E-state index contributed by atoms with van der Waals surface area (Å²) in [7, 11) is 0. The van der Waals surface area contributed by atoms with Crippen LogP contribution in [-0.4, -0.2) is 16.8 Å². The van der Waals surface area contributed by atoms with E-state index in [-0.39, 0.29) is 11.8 Å². The highest BCUT2D eigenvalue weighted by molar-refractivity contribution is 7.21. The largest absolute Gasteiger partial charge is 0.326 e. The second-order valence-electron chi connectivity index (χ2n) is 9.19. The van der Waals surface area contributed by atoms with E-state index in [9.17, 15) is 9.59 Å². The van der Waals surface area contributed by atoms with Crippen molar-refractivity contribution < 1.29 is 9.59 Å². The molecule has 0 spiro atoms. The van der Waals surface area contributed by atoms with Crippen molar-refractivity contribution in [2.24, 2.45) is 10.8 Å². The van der Waals surface area contributed by atoms with Gasteiger partial charge in [-0.1, -0.05) is 53.7 Å². The molecule has 0 radical (unpaired) electrons. The number of amides is 2. The van der Waals surface area contributed by atoms with Crippen molar-refractivity contribution in [2.45, 2.75) is 41.5 Å². The van der Waals surface area contributed by atoms with Crippen LogP contribution in [0.3, 0.4) is 0 Å².